The van der Waals surface area contributed by atoms with Crippen molar-refractivity contribution in [3.63, 3.8) is 0 Å². The number of unbranched alkanes of at least 4 members (excludes halogenated alkanes) is 1. The molecule has 0 bridgehead atoms. The van der Waals surface area contributed by atoms with E-state index >= 15 is 0 Å². The number of rotatable bonds is 6. The zero-order chi connectivity index (χ0) is 12.8. The van der Waals surface area contributed by atoms with Crippen molar-refractivity contribution >= 4 is 0 Å². The van der Waals surface area contributed by atoms with Gasteiger partial charge in [-0.15, -0.1) is 0 Å². The van der Waals surface area contributed by atoms with E-state index in [4.69, 9.17) is 0 Å². The second-order valence-electron chi connectivity index (χ2n) is 5.49. The summed E-state index contributed by atoms with van der Waals surface area (Å²) in [5.74, 6) is 0. The molecule has 0 amide bonds. The molecule has 1 unspecified atom stereocenters. The lowest BCUT2D eigenvalue weighted by Crippen LogP contribution is -2.21. The zero-order valence-corrected chi connectivity index (χ0v) is 12.0. The number of fused-ring (bicyclic) bond motifs is 1. The first-order valence-electron chi connectivity index (χ1n) is 7.70. The summed E-state index contributed by atoms with van der Waals surface area (Å²) in [7, 11) is 0. The summed E-state index contributed by atoms with van der Waals surface area (Å²) in [5, 5.41) is 3.64. The summed E-state index contributed by atoms with van der Waals surface area (Å²) in [6.45, 7) is 5.54. The van der Waals surface area contributed by atoms with E-state index in [0.717, 1.165) is 6.54 Å². The van der Waals surface area contributed by atoms with Crippen LogP contribution in [0.3, 0.4) is 0 Å². The number of aryl methyl sites for hydroxylation is 2. The van der Waals surface area contributed by atoms with Gasteiger partial charge in [0.15, 0.2) is 0 Å². The lowest BCUT2D eigenvalue weighted by molar-refractivity contribution is 0.494. The predicted octanol–water partition coefficient (Wildman–Crippen LogP) is 4.41. The molecule has 1 aliphatic rings. The third-order valence-electron chi connectivity index (χ3n) is 4.07. The van der Waals surface area contributed by atoms with Crippen molar-refractivity contribution < 1.29 is 0 Å². The summed E-state index contributed by atoms with van der Waals surface area (Å²) in [4.78, 5) is 0. The average molecular weight is 245 g/mol. The Morgan fingerprint density at radius 1 is 1.11 bits per heavy atom. The molecule has 0 heterocycles. The van der Waals surface area contributed by atoms with E-state index in [1.807, 2.05) is 0 Å². The van der Waals surface area contributed by atoms with Gasteiger partial charge in [0, 0.05) is 6.04 Å². The lowest BCUT2D eigenvalue weighted by atomic mass is 9.88. The number of nitrogens with one attached hydrogen (secondary N) is 1. The highest BCUT2D eigenvalue weighted by Crippen LogP contribution is 2.26. The van der Waals surface area contributed by atoms with Gasteiger partial charge in [-0.05, 0) is 55.3 Å². The molecule has 2 rings (SSSR count). The molecule has 18 heavy (non-hydrogen) atoms. The highest BCUT2D eigenvalue weighted by molar-refractivity contribution is 5.35. The Balaban J connectivity index is 2.13. The van der Waals surface area contributed by atoms with Gasteiger partial charge in [-0.25, -0.2) is 0 Å². The van der Waals surface area contributed by atoms with Gasteiger partial charge in [0.05, 0.1) is 0 Å². The maximum atomic E-state index is 3.64. The molecule has 0 radical (unpaired) electrons. The van der Waals surface area contributed by atoms with Crippen LogP contribution in [0.15, 0.2) is 18.2 Å². The van der Waals surface area contributed by atoms with E-state index < -0.39 is 0 Å². The Morgan fingerprint density at radius 2 is 1.89 bits per heavy atom. The Labute approximate surface area is 112 Å². The van der Waals surface area contributed by atoms with E-state index in [-0.39, 0.29) is 0 Å². The Bertz CT molecular complexity index is 370. The summed E-state index contributed by atoms with van der Waals surface area (Å²) >= 11 is 0. The van der Waals surface area contributed by atoms with Crippen LogP contribution < -0.4 is 5.32 Å². The smallest absolute Gasteiger partial charge is 0.0320 e. The Morgan fingerprint density at radius 3 is 2.61 bits per heavy atom. The van der Waals surface area contributed by atoms with Crippen molar-refractivity contribution in [1.29, 1.82) is 0 Å². The van der Waals surface area contributed by atoms with Crippen LogP contribution in [0.4, 0.5) is 0 Å². The summed E-state index contributed by atoms with van der Waals surface area (Å²) in [5.41, 5.74) is 4.71. The van der Waals surface area contributed by atoms with E-state index in [1.165, 1.54) is 50.5 Å². The van der Waals surface area contributed by atoms with Crippen LogP contribution >= 0.6 is 0 Å². The van der Waals surface area contributed by atoms with E-state index in [0.29, 0.717) is 6.04 Å². The normalized spacial score (nSPS) is 16.3. The SMILES string of the molecule is CCCCC(NCC)c1ccc2c(c1)CCCC2. The van der Waals surface area contributed by atoms with Crippen molar-refractivity contribution in [2.75, 3.05) is 6.54 Å². The molecule has 1 aliphatic carbocycles. The molecule has 1 heteroatoms. The van der Waals surface area contributed by atoms with Gasteiger partial charge < -0.3 is 5.32 Å². The fraction of sp³-hybridized carbons (Fsp3) is 0.647. The number of benzene rings is 1. The van der Waals surface area contributed by atoms with Crippen molar-refractivity contribution in [3.8, 4) is 0 Å². The topological polar surface area (TPSA) is 12.0 Å². The average Bonchev–Trinajstić information content (AvgIpc) is 2.43. The molecular formula is C17H27N. The molecule has 0 saturated carbocycles. The predicted molar refractivity (Wildman–Crippen MR) is 79.0 cm³/mol. The molecule has 0 saturated heterocycles. The van der Waals surface area contributed by atoms with Gasteiger partial charge in [-0.1, -0.05) is 44.9 Å². The van der Waals surface area contributed by atoms with Crippen LogP contribution in [-0.2, 0) is 12.8 Å². The largest absolute Gasteiger partial charge is 0.310 e. The van der Waals surface area contributed by atoms with Crippen molar-refractivity contribution in [2.24, 2.45) is 0 Å². The van der Waals surface area contributed by atoms with Gasteiger partial charge in [0.2, 0.25) is 0 Å². The van der Waals surface area contributed by atoms with Crippen molar-refractivity contribution in [3.05, 3.63) is 34.9 Å². The summed E-state index contributed by atoms with van der Waals surface area (Å²) < 4.78 is 0. The van der Waals surface area contributed by atoms with Crippen LogP contribution in [-0.4, -0.2) is 6.54 Å². The lowest BCUT2D eigenvalue weighted by Gasteiger charge is -2.22. The van der Waals surface area contributed by atoms with Crippen LogP contribution in [0.2, 0.25) is 0 Å². The summed E-state index contributed by atoms with van der Waals surface area (Å²) in [6, 6.07) is 7.76. The maximum Gasteiger partial charge on any atom is 0.0320 e. The first kappa shape index (κ1) is 13.6. The first-order valence-corrected chi connectivity index (χ1v) is 7.70. The Kier molecular flexibility index (Phi) is 5.25. The van der Waals surface area contributed by atoms with Gasteiger partial charge in [0.25, 0.3) is 0 Å². The molecule has 0 aromatic heterocycles. The minimum absolute atomic E-state index is 0.558. The zero-order valence-electron chi connectivity index (χ0n) is 12.0. The van der Waals surface area contributed by atoms with Crippen LogP contribution in [0.1, 0.15) is 68.7 Å². The fourth-order valence-electron chi connectivity index (χ4n) is 3.01. The van der Waals surface area contributed by atoms with Crippen LogP contribution in [0.5, 0.6) is 0 Å². The molecule has 1 aromatic carbocycles. The highest BCUT2D eigenvalue weighted by atomic mass is 14.9. The highest BCUT2D eigenvalue weighted by Gasteiger charge is 2.14. The second kappa shape index (κ2) is 6.94. The number of hydrogen-bond acceptors (Lipinski definition) is 1. The monoisotopic (exact) mass is 245 g/mol. The van der Waals surface area contributed by atoms with Gasteiger partial charge in [-0.2, -0.15) is 0 Å². The van der Waals surface area contributed by atoms with Crippen LogP contribution in [0.25, 0.3) is 0 Å². The quantitative estimate of drug-likeness (QED) is 0.783. The molecule has 100 valence electrons. The Hall–Kier alpha value is -0.820. The van der Waals surface area contributed by atoms with E-state index in [1.54, 1.807) is 11.1 Å². The van der Waals surface area contributed by atoms with Gasteiger partial charge in [-0.3, -0.25) is 0 Å². The molecule has 1 atom stereocenters. The second-order valence-corrected chi connectivity index (χ2v) is 5.49. The van der Waals surface area contributed by atoms with Gasteiger partial charge >= 0.3 is 0 Å². The molecule has 1 nitrogen and oxygen atoms in total. The maximum absolute atomic E-state index is 3.64. The molecular weight excluding hydrogens is 218 g/mol. The third kappa shape index (κ3) is 3.35. The first-order chi connectivity index (χ1) is 8.85. The standard InChI is InChI=1S/C17H27N/c1-3-5-10-17(18-4-2)16-12-11-14-8-6-7-9-15(14)13-16/h11-13,17-18H,3-10H2,1-2H3. The molecule has 0 aliphatic heterocycles. The van der Waals surface area contributed by atoms with Gasteiger partial charge in [0.1, 0.15) is 0 Å². The van der Waals surface area contributed by atoms with E-state index in [2.05, 4.69) is 37.4 Å². The minimum atomic E-state index is 0.558. The fourth-order valence-corrected chi connectivity index (χ4v) is 3.01. The molecule has 1 N–H and O–H groups in total. The van der Waals surface area contributed by atoms with E-state index in [9.17, 15) is 0 Å². The molecule has 0 spiro atoms. The number of hydrogen-bond donors (Lipinski definition) is 1. The summed E-state index contributed by atoms with van der Waals surface area (Å²) in [6.07, 6.45) is 9.19. The molecule has 1 aromatic rings. The van der Waals surface area contributed by atoms with Crippen molar-refractivity contribution in [1.82, 2.24) is 5.32 Å². The van der Waals surface area contributed by atoms with Crippen molar-refractivity contribution in [2.45, 2.75) is 64.8 Å². The van der Waals surface area contributed by atoms with Crippen LogP contribution in [0, 0.1) is 0 Å². The third-order valence-corrected chi connectivity index (χ3v) is 4.07. The molecule has 0 fully saturated rings. The minimum Gasteiger partial charge on any atom is -0.310 e.